The van der Waals surface area contributed by atoms with Gasteiger partial charge >= 0.3 is 0 Å². The Morgan fingerprint density at radius 3 is 3.08 bits per heavy atom. The van der Waals surface area contributed by atoms with Crippen LogP contribution in [-0.4, -0.2) is 36.2 Å². The number of nitrogens with zero attached hydrogens (tertiary/aromatic N) is 1. The standard InChI is InChI=1S/C9H14ClNO/c10-2-1-3-11-5-8-4-9(8,6-11)7-12/h1-2,8,12H,3-7H2/b2-1+. The maximum absolute atomic E-state index is 9.14. The van der Waals surface area contributed by atoms with E-state index in [9.17, 15) is 0 Å². The minimum Gasteiger partial charge on any atom is -0.396 e. The largest absolute Gasteiger partial charge is 0.396 e. The van der Waals surface area contributed by atoms with Crippen molar-refractivity contribution in [3.8, 4) is 0 Å². The van der Waals surface area contributed by atoms with Gasteiger partial charge in [0.2, 0.25) is 0 Å². The van der Waals surface area contributed by atoms with E-state index in [1.54, 1.807) is 5.54 Å². The number of piperidine rings is 1. The summed E-state index contributed by atoms with van der Waals surface area (Å²) < 4.78 is 0. The first kappa shape index (κ1) is 8.54. The zero-order valence-electron chi connectivity index (χ0n) is 7.04. The zero-order chi connectivity index (χ0) is 8.60. The molecule has 0 amide bonds. The number of aliphatic hydroxyl groups is 1. The fourth-order valence-electron chi connectivity index (χ4n) is 2.28. The van der Waals surface area contributed by atoms with Crippen LogP contribution in [0.2, 0.25) is 0 Å². The molecule has 0 aromatic carbocycles. The van der Waals surface area contributed by atoms with Crippen LogP contribution in [0.3, 0.4) is 0 Å². The van der Waals surface area contributed by atoms with E-state index in [1.165, 1.54) is 6.42 Å². The van der Waals surface area contributed by atoms with Gasteiger partial charge < -0.3 is 5.11 Å². The van der Waals surface area contributed by atoms with Crippen molar-refractivity contribution in [3.05, 3.63) is 11.6 Å². The third kappa shape index (κ3) is 1.28. The van der Waals surface area contributed by atoms with Gasteiger partial charge in [0, 0.05) is 30.6 Å². The molecule has 2 atom stereocenters. The molecule has 1 heterocycles. The Morgan fingerprint density at radius 2 is 2.50 bits per heavy atom. The van der Waals surface area contributed by atoms with Crippen LogP contribution < -0.4 is 0 Å². The fourth-order valence-corrected chi connectivity index (χ4v) is 2.36. The Labute approximate surface area is 77.8 Å². The van der Waals surface area contributed by atoms with Crippen LogP contribution in [0.5, 0.6) is 0 Å². The third-order valence-corrected chi connectivity index (χ3v) is 3.32. The molecule has 1 N–H and O–H groups in total. The van der Waals surface area contributed by atoms with E-state index < -0.39 is 0 Å². The summed E-state index contributed by atoms with van der Waals surface area (Å²) in [5.41, 5.74) is 1.84. The van der Waals surface area contributed by atoms with Gasteiger partial charge in [-0.15, -0.1) is 0 Å². The molecule has 0 bridgehead atoms. The Kier molecular flexibility index (Phi) is 2.15. The van der Waals surface area contributed by atoms with Crippen LogP contribution in [0.25, 0.3) is 0 Å². The molecule has 1 saturated heterocycles. The first-order valence-corrected chi connectivity index (χ1v) is 4.83. The molecule has 0 radical (unpaired) electrons. The SMILES string of the molecule is OCC12CC1CN(C/C=C/Cl)C2. The summed E-state index contributed by atoms with van der Waals surface area (Å²) >= 11 is 5.44. The number of halogens is 1. The predicted octanol–water partition coefficient (Wildman–Crippen LogP) is 1.05. The lowest BCUT2D eigenvalue weighted by atomic mass is 10.1. The molecule has 2 nitrogen and oxygen atoms in total. The molecule has 2 fully saturated rings. The van der Waals surface area contributed by atoms with Crippen molar-refractivity contribution in [1.29, 1.82) is 0 Å². The van der Waals surface area contributed by atoms with Gasteiger partial charge in [0.15, 0.2) is 0 Å². The van der Waals surface area contributed by atoms with Gasteiger partial charge in [-0.2, -0.15) is 0 Å². The Balaban J connectivity index is 1.84. The summed E-state index contributed by atoms with van der Waals surface area (Å²) in [6, 6.07) is 0. The van der Waals surface area contributed by atoms with Crippen LogP contribution in [0.15, 0.2) is 11.6 Å². The monoisotopic (exact) mass is 187 g/mol. The molecule has 1 aliphatic carbocycles. The molecule has 1 saturated carbocycles. The van der Waals surface area contributed by atoms with Crippen molar-refractivity contribution in [2.24, 2.45) is 11.3 Å². The van der Waals surface area contributed by atoms with E-state index in [4.69, 9.17) is 16.7 Å². The van der Waals surface area contributed by atoms with Gasteiger partial charge in [-0.1, -0.05) is 17.7 Å². The highest BCUT2D eigenvalue weighted by Gasteiger charge is 2.58. The van der Waals surface area contributed by atoms with Gasteiger partial charge in [-0.25, -0.2) is 0 Å². The van der Waals surface area contributed by atoms with Gasteiger partial charge in [0.1, 0.15) is 0 Å². The van der Waals surface area contributed by atoms with E-state index in [1.807, 2.05) is 6.08 Å². The third-order valence-electron chi connectivity index (χ3n) is 3.14. The normalized spacial score (nSPS) is 40.7. The van der Waals surface area contributed by atoms with Crippen LogP contribution in [0, 0.1) is 11.3 Å². The molecular weight excluding hydrogens is 174 g/mol. The summed E-state index contributed by atoms with van der Waals surface area (Å²) in [7, 11) is 0. The lowest BCUT2D eigenvalue weighted by Crippen LogP contribution is -2.26. The molecule has 0 spiro atoms. The van der Waals surface area contributed by atoms with Crippen LogP contribution in [0.4, 0.5) is 0 Å². The summed E-state index contributed by atoms with van der Waals surface area (Å²) in [4.78, 5) is 2.35. The number of fused-ring (bicyclic) bond motifs is 1. The summed E-state index contributed by atoms with van der Waals surface area (Å²) in [6.45, 7) is 3.48. The summed E-state index contributed by atoms with van der Waals surface area (Å²) in [6.07, 6.45) is 3.18. The van der Waals surface area contributed by atoms with Crippen molar-refractivity contribution in [1.82, 2.24) is 4.90 Å². The lowest BCUT2D eigenvalue weighted by Gasteiger charge is -2.17. The van der Waals surface area contributed by atoms with Gasteiger partial charge in [-0.05, 0) is 12.3 Å². The zero-order valence-corrected chi connectivity index (χ0v) is 7.80. The maximum Gasteiger partial charge on any atom is 0.0502 e. The highest BCUT2D eigenvalue weighted by molar-refractivity contribution is 6.25. The predicted molar refractivity (Wildman–Crippen MR) is 49.1 cm³/mol. The number of rotatable bonds is 3. The van der Waals surface area contributed by atoms with Gasteiger partial charge in [0.25, 0.3) is 0 Å². The van der Waals surface area contributed by atoms with Gasteiger partial charge in [0.05, 0.1) is 6.61 Å². The minimum absolute atomic E-state index is 0.278. The molecular formula is C9H14ClNO. The van der Waals surface area contributed by atoms with E-state index in [0.717, 1.165) is 25.6 Å². The number of hydrogen-bond donors (Lipinski definition) is 1. The minimum atomic E-state index is 0.278. The molecule has 1 aliphatic heterocycles. The average molecular weight is 188 g/mol. The maximum atomic E-state index is 9.14. The number of hydrogen-bond acceptors (Lipinski definition) is 2. The topological polar surface area (TPSA) is 23.5 Å². The molecule has 0 aromatic heterocycles. The summed E-state index contributed by atoms with van der Waals surface area (Å²) in [5, 5.41) is 9.14. The Bertz CT molecular complexity index is 203. The highest BCUT2D eigenvalue weighted by Crippen LogP contribution is 2.57. The molecule has 3 heteroatoms. The molecule has 12 heavy (non-hydrogen) atoms. The Hall–Kier alpha value is -0.0500. The molecule has 2 unspecified atom stereocenters. The highest BCUT2D eigenvalue weighted by atomic mass is 35.5. The number of likely N-dealkylation sites (tertiary alicyclic amines) is 1. The van der Waals surface area contributed by atoms with Crippen LogP contribution >= 0.6 is 11.6 Å². The average Bonchev–Trinajstić information content (AvgIpc) is 2.67. The van der Waals surface area contributed by atoms with E-state index in [0.29, 0.717) is 6.61 Å². The second kappa shape index (κ2) is 3.02. The van der Waals surface area contributed by atoms with Crippen molar-refractivity contribution in [2.45, 2.75) is 6.42 Å². The van der Waals surface area contributed by atoms with Crippen LogP contribution in [-0.2, 0) is 0 Å². The smallest absolute Gasteiger partial charge is 0.0502 e. The fraction of sp³-hybridized carbons (Fsp3) is 0.778. The molecule has 0 aromatic rings. The van der Waals surface area contributed by atoms with E-state index >= 15 is 0 Å². The van der Waals surface area contributed by atoms with Crippen LogP contribution in [0.1, 0.15) is 6.42 Å². The van der Waals surface area contributed by atoms with Crippen molar-refractivity contribution < 1.29 is 5.11 Å². The van der Waals surface area contributed by atoms with Crippen molar-refractivity contribution >= 4 is 11.6 Å². The first-order chi connectivity index (χ1) is 5.80. The molecule has 68 valence electrons. The van der Waals surface area contributed by atoms with Crippen molar-refractivity contribution in [2.75, 3.05) is 26.2 Å². The van der Waals surface area contributed by atoms with Crippen molar-refractivity contribution in [3.63, 3.8) is 0 Å². The first-order valence-electron chi connectivity index (χ1n) is 4.39. The number of aliphatic hydroxyl groups excluding tert-OH is 1. The summed E-state index contributed by atoms with van der Waals surface area (Å²) in [5.74, 6) is 0.756. The second-order valence-electron chi connectivity index (χ2n) is 3.98. The van der Waals surface area contributed by atoms with E-state index in [-0.39, 0.29) is 5.41 Å². The molecule has 2 rings (SSSR count). The molecule has 2 aliphatic rings. The van der Waals surface area contributed by atoms with Gasteiger partial charge in [-0.3, -0.25) is 4.90 Å². The van der Waals surface area contributed by atoms with E-state index in [2.05, 4.69) is 4.90 Å². The Morgan fingerprint density at radius 1 is 1.67 bits per heavy atom. The second-order valence-corrected chi connectivity index (χ2v) is 4.23. The lowest BCUT2D eigenvalue weighted by molar-refractivity contribution is 0.192. The quantitative estimate of drug-likeness (QED) is 0.714.